The third kappa shape index (κ3) is 3.24. The number of allylic oxidation sites excluding steroid dienone is 2. The number of benzene rings is 2. The van der Waals surface area contributed by atoms with Gasteiger partial charge in [0.1, 0.15) is 18.5 Å². The highest BCUT2D eigenvalue weighted by Crippen LogP contribution is 2.50. The molecule has 0 amide bonds. The number of carbonyl (C=O) groups is 1. The quantitative estimate of drug-likeness (QED) is 0.617. The number of carbonyl (C=O) groups excluding carboxylic acids is 1. The van der Waals surface area contributed by atoms with Crippen molar-refractivity contribution in [3.05, 3.63) is 81.7 Å². The van der Waals surface area contributed by atoms with Gasteiger partial charge in [0.15, 0.2) is 5.78 Å². The van der Waals surface area contributed by atoms with Gasteiger partial charge in [0, 0.05) is 21.4 Å². The molecule has 2 N–H and O–H groups in total. The molecular weight excluding hydrogens is 408 g/mol. The zero-order chi connectivity index (χ0) is 21.8. The number of ether oxygens (including phenoxy) is 1. The second-order valence-corrected chi connectivity index (χ2v) is 9.64. The van der Waals surface area contributed by atoms with Crippen molar-refractivity contribution >= 4 is 22.7 Å². The van der Waals surface area contributed by atoms with Gasteiger partial charge in [0.25, 0.3) is 0 Å². The highest BCUT2D eigenvalue weighted by atomic mass is 32.1. The van der Waals surface area contributed by atoms with Crippen molar-refractivity contribution in [1.29, 1.82) is 0 Å². The number of fused-ring (bicyclic) bond motifs is 3. The van der Waals surface area contributed by atoms with Crippen LogP contribution in [0.1, 0.15) is 40.9 Å². The van der Waals surface area contributed by atoms with Crippen molar-refractivity contribution < 1.29 is 19.7 Å². The van der Waals surface area contributed by atoms with Crippen molar-refractivity contribution in [3.63, 3.8) is 0 Å². The van der Waals surface area contributed by atoms with E-state index in [0.717, 1.165) is 28.7 Å². The molecule has 0 aliphatic heterocycles. The average Bonchev–Trinajstić information content (AvgIpc) is 3.44. The van der Waals surface area contributed by atoms with Crippen molar-refractivity contribution in [3.8, 4) is 16.2 Å². The molecule has 2 aromatic carbocycles. The molecule has 1 heterocycles. The van der Waals surface area contributed by atoms with E-state index in [1.807, 2.05) is 12.1 Å². The topological polar surface area (TPSA) is 66.8 Å². The van der Waals surface area contributed by atoms with Crippen LogP contribution in [0.2, 0.25) is 0 Å². The van der Waals surface area contributed by atoms with E-state index in [9.17, 15) is 9.90 Å². The highest BCUT2D eigenvalue weighted by molar-refractivity contribution is 7.13. The van der Waals surface area contributed by atoms with Crippen LogP contribution in [0, 0.1) is 0 Å². The number of hydrogen-bond donors (Lipinski definition) is 2. The first-order valence-corrected chi connectivity index (χ1v) is 11.3. The molecule has 2 aliphatic carbocycles. The second-order valence-electron chi connectivity index (χ2n) is 8.69. The van der Waals surface area contributed by atoms with Crippen LogP contribution < -0.4 is 4.74 Å². The number of aliphatic hydroxyl groups is 2. The molecule has 0 unspecified atom stereocenters. The summed E-state index contributed by atoms with van der Waals surface area (Å²) in [5.74, 6) is 0.653. The molecule has 1 aromatic heterocycles. The molecule has 2 aliphatic rings. The molecule has 0 bridgehead atoms. The fraction of sp³-hybridized carbons (Fsp3) is 0.269. The van der Waals surface area contributed by atoms with E-state index >= 15 is 0 Å². The van der Waals surface area contributed by atoms with Crippen LogP contribution in [0.4, 0.5) is 0 Å². The summed E-state index contributed by atoms with van der Waals surface area (Å²) in [6.45, 7) is 3.98. The molecule has 1 atom stereocenters. The van der Waals surface area contributed by atoms with Gasteiger partial charge in [0.2, 0.25) is 0 Å². The lowest BCUT2D eigenvalue weighted by molar-refractivity contribution is 0.0535. The fourth-order valence-electron chi connectivity index (χ4n) is 4.68. The van der Waals surface area contributed by atoms with Crippen LogP contribution in [-0.2, 0) is 11.8 Å². The first-order chi connectivity index (χ1) is 14.9. The minimum atomic E-state index is -0.929. The van der Waals surface area contributed by atoms with E-state index in [1.54, 1.807) is 17.4 Å². The highest BCUT2D eigenvalue weighted by Gasteiger charge is 2.43. The Morgan fingerprint density at radius 2 is 1.94 bits per heavy atom. The molecule has 0 radical (unpaired) electrons. The first kappa shape index (κ1) is 20.2. The second kappa shape index (κ2) is 7.45. The normalized spacial score (nSPS) is 17.2. The summed E-state index contributed by atoms with van der Waals surface area (Å²) in [7, 11) is 0. The van der Waals surface area contributed by atoms with Gasteiger partial charge in [-0.15, -0.1) is 11.3 Å². The molecule has 0 spiro atoms. The van der Waals surface area contributed by atoms with Gasteiger partial charge in [-0.1, -0.05) is 32.0 Å². The Labute approximate surface area is 185 Å². The Balaban J connectivity index is 1.52. The van der Waals surface area contributed by atoms with Crippen molar-refractivity contribution in [2.24, 2.45) is 0 Å². The van der Waals surface area contributed by atoms with Crippen LogP contribution in [-0.4, -0.2) is 35.3 Å². The monoisotopic (exact) mass is 432 g/mol. The molecule has 0 saturated heterocycles. The number of thiophene rings is 1. The third-order valence-electron chi connectivity index (χ3n) is 6.39. The number of aliphatic hydroxyl groups excluding tert-OH is 2. The Morgan fingerprint density at radius 1 is 1.13 bits per heavy atom. The van der Waals surface area contributed by atoms with Crippen molar-refractivity contribution in [2.75, 3.05) is 13.2 Å². The molecule has 31 heavy (non-hydrogen) atoms. The molecular formula is C26H24O4S. The standard InChI is InChI=1S/C26H24O4S/c1-26(2)21-12-18(30-14-17(28)13-27)6-8-20(21)25(29)24-19-7-5-15(23-4-3-9-31-23)10-16(19)11-22(24)26/h3-10,12,17,27-28H,11,13-14H2,1-2H3/t17-/m1/s1. The summed E-state index contributed by atoms with van der Waals surface area (Å²) in [6, 6.07) is 16.1. The molecule has 5 heteroatoms. The summed E-state index contributed by atoms with van der Waals surface area (Å²) in [4.78, 5) is 14.7. The summed E-state index contributed by atoms with van der Waals surface area (Å²) < 4.78 is 5.65. The Hall–Kier alpha value is -2.73. The number of rotatable bonds is 5. The molecule has 5 rings (SSSR count). The minimum Gasteiger partial charge on any atom is -0.491 e. The summed E-state index contributed by atoms with van der Waals surface area (Å²) in [5.41, 5.74) is 6.75. The van der Waals surface area contributed by atoms with Crippen LogP contribution in [0.5, 0.6) is 5.75 Å². The van der Waals surface area contributed by atoms with Crippen LogP contribution in [0.25, 0.3) is 16.0 Å². The lowest BCUT2D eigenvalue weighted by Crippen LogP contribution is -2.30. The van der Waals surface area contributed by atoms with E-state index in [0.29, 0.717) is 11.3 Å². The SMILES string of the molecule is CC1(C)C2=C(C(=O)c3ccc(OC[C@H](O)CO)cc31)c1ccc(-c3cccs3)cc1C2. The molecule has 4 nitrogen and oxygen atoms in total. The molecule has 0 fully saturated rings. The van der Waals surface area contributed by atoms with Gasteiger partial charge >= 0.3 is 0 Å². The fourth-order valence-corrected chi connectivity index (χ4v) is 5.41. The van der Waals surface area contributed by atoms with E-state index in [4.69, 9.17) is 9.84 Å². The number of ketones is 1. The smallest absolute Gasteiger partial charge is 0.193 e. The van der Waals surface area contributed by atoms with Crippen LogP contribution >= 0.6 is 11.3 Å². The Kier molecular flexibility index (Phi) is 4.85. The van der Waals surface area contributed by atoms with Crippen LogP contribution in [0.3, 0.4) is 0 Å². The third-order valence-corrected chi connectivity index (χ3v) is 7.31. The molecule has 3 aromatic rings. The maximum absolute atomic E-state index is 13.5. The van der Waals surface area contributed by atoms with Crippen molar-refractivity contribution in [2.45, 2.75) is 31.8 Å². The van der Waals surface area contributed by atoms with Crippen molar-refractivity contribution in [1.82, 2.24) is 0 Å². The maximum atomic E-state index is 13.5. The van der Waals surface area contributed by atoms with Gasteiger partial charge < -0.3 is 14.9 Å². The van der Waals surface area contributed by atoms with Gasteiger partial charge in [-0.25, -0.2) is 0 Å². The number of Topliss-reactive ketones (excluding diaryl/α,β-unsaturated/α-hetero) is 1. The minimum absolute atomic E-state index is 0.00848. The summed E-state index contributed by atoms with van der Waals surface area (Å²) in [5, 5.41) is 20.7. The van der Waals surface area contributed by atoms with E-state index in [-0.39, 0.29) is 24.4 Å². The largest absolute Gasteiger partial charge is 0.491 e. The van der Waals surface area contributed by atoms with Gasteiger partial charge in [-0.2, -0.15) is 0 Å². The van der Waals surface area contributed by atoms with Crippen LogP contribution in [0.15, 0.2) is 59.5 Å². The van der Waals surface area contributed by atoms with E-state index < -0.39 is 6.10 Å². The predicted molar refractivity (Wildman–Crippen MR) is 123 cm³/mol. The average molecular weight is 433 g/mol. The Morgan fingerprint density at radius 3 is 2.68 bits per heavy atom. The zero-order valence-electron chi connectivity index (χ0n) is 17.5. The molecule has 158 valence electrons. The first-order valence-electron chi connectivity index (χ1n) is 10.4. The lowest BCUT2D eigenvalue weighted by atomic mass is 9.68. The summed E-state index contributed by atoms with van der Waals surface area (Å²) >= 11 is 1.72. The zero-order valence-corrected chi connectivity index (χ0v) is 18.3. The Bertz CT molecular complexity index is 1200. The van der Waals surface area contributed by atoms with E-state index in [1.165, 1.54) is 16.0 Å². The van der Waals surface area contributed by atoms with Gasteiger partial charge in [-0.05, 0) is 70.0 Å². The molecule has 0 saturated carbocycles. The maximum Gasteiger partial charge on any atom is 0.193 e. The predicted octanol–water partition coefficient (Wildman–Crippen LogP) is 4.63. The number of hydrogen-bond acceptors (Lipinski definition) is 5. The lowest BCUT2D eigenvalue weighted by Gasteiger charge is -2.34. The van der Waals surface area contributed by atoms with Gasteiger partial charge in [0.05, 0.1) is 6.61 Å². The summed E-state index contributed by atoms with van der Waals surface area (Å²) in [6.07, 6.45) is -0.169. The van der Waals surface area contributed by atoms with E-state index in [2.05, 4.69) is 49.6 Å². The van der Waals surface area contributed by atoms with Gasteiger partial charge in [-0.3, -0.25) is 4.79 Å².